The minimum atomic E-state index is -4.97. The molecule has 0 spiro atoms. The molecule has 50 heavy (non-hydrogen) atoms. The minimum absolute atomic E-state index is 0. The van der Waals surface area contributed by atoms with Crippen molar-refractivity contribution in [2.75, 3.05) is 6.61 Å². The van der Waals surface area contributed by atoms with Gasteiger partial charge in [0.1, 0.15) is 20.4 Å². The molecule has 0 heterocycles. The molecule has 0 unspecified atom stereocenters. The summed E-state index contributed by atoms with van der Waals surface area (Å²) in [5.41, 5.74) is 0. The summed E-state index contributed by atoms with van der Waals surface area (Å²) in [4.78, 5) is -2.06. The van der Waals surface area contributed by atoms with Crippen molar-refractivity contribution in [3.05, 3.63) is 36.4 Å². The van der Waals surface area contributed by atoms with Gasteiger partial charge in [0.25, 0.3) is 30.4 Å². The quantitative estimate of drug-likeness (QED) is 0.0463. The molecule has 0 fully saturated rings. The van der Waals surface area contributed by atoms with Gasteiger partial charge in [0.05, 0.1) is 6.61 Å². The van der Waals surface area contributed by atoms with E-state index in [2.05, 4.69) is 6.92 Å². The van der Waals surface area contributed by atoms with Gasteiger partial charge in [-0.3, -0.25) is 13.7 Å². The van der Waals surface area contributed by atoms with Crippen LogP contribution in [0, 0.1) is 0 Å². The molecule has 4 aromatic carbocycles. The van der Waals surface area contributed by atoms with Crippen LogP contribution in [0.3, 0.4) is 0 Å². The molecule has 0 aliphatic carbocycles. The molecule has 16 heteroatoms. The van der Waals surface area contributed by atoms with Crippen LogP contribution in [0.2, 0.25) is 0 Å². The Labute approximate surface area is 368 Å². The van der Waals surface area contributed by atoms with Gasteiger partial charge in [-0.05, 0) is 18.6 Å². The largest absolute Gasteiger partial charge is 1.00 e. The average molecular weight is 783 g/mol. The standard InChI is InChI=1S/C34H46O10S3.3Na.3H/c1-2-3-4-5-6-7-8-9-10-11-12-13-14-15-16-17-22-44-29-23-30(45(35,36)37)26-20-21-28-32(47(41,42)43)24-31(46(38,39)40)27-19-18-25(29)33(26)34(27)28;;;;;;/h18-21,23-24H,2-17,22H2,1H3,(H,35,36,37)(H,38,39,40)(H,41,42,43);;;;;;/q;3*+1;3*-1. The zero-order chi connectivity index (χ0) is 34.2. The van der Waals surface area contributed by atoms with Crippen molar-refractivity contribution in [2.24, 2.45) is 0 Å². The number of hydrogen-bond acceptors (Lipinski definition) is 7. The fourth-order valence-corrected chi connectivity index (χ4v) is 8.67. The first-order chi connectivity index (χ1) is 22.2. The summed E-state index contributed by atoms with van der Waals surface area (Å²) in [6, 6.07) is 7.18. The van der Waals surface area contributed by atoms with Crippen LogP contribution in [0.4, 0.5) is 0 Å². The first kappa shape index (κ1) is 48.5. The van der Waals surface area contributed by atoms with Crippen LogP contribution in [-0.2, 0) is 30.4 Å². The second-order valence-electron chi connectivity index (χ2n) is 12.4. The van der Waals surface area contributed by atoms with E-state index in [1.807, 2.05) is 0 Å². The Morgan fingerprint density at radius 1 is 0.480 bits per heavy atom. The normalized spacial score (nSPS) is 12.2. The number of ether oxygens (including phenoxy) is 1. The van der Waals surface area contributed by atoms with E-state index in [1.54, 1.807) is 0 Å². The van der Waals surface area contributed by atoms with E-state index in [0.717, 1.165) is 19.3 Å². The van der Waals surface area contributed by atoms with Crippen molar-refractivity contribution in [3.8, 4) is 5.75 Å². The first-order valence-electron chi connectivity index (χ1n) is 16.6. The van der Waals surface area contributed by atoms with Crippen LogP contribution in [0.5, 0.6) is 5.75 Å². The van der Waals surface area contributed by atoms with E-state index < -0.39 is 45.0 Å². The Balaban J connectivity index is -0.00000417. The fourth-order valence-electron chi connectivity index (χ4n) is 6.46. The van der Waals surface area contributed by atoms with Crippen molar-refractivity contribution < 1.29 is 137 Å². The van der Waals surface area contributed by atoms with Crippen LogP contribution in [-0.4, -0.2) is 45.5 Å². The number of rotatable bonds is 21. The molecular formula is C34H49Na3O10S3. The Morgan fingerprint density at radius 3 is 1.14 bits per heavy atom. The molecular weight excluding hydrogens is 734 g/mol. The zero-order valence-corrected chi connectivity index (χ0v) is 38.4. The molecule has 0 amide bonds. The Hall–Kier alpha value is 0.450. The van der Waals surface area contributed by atoms with Gasteiger partial charge in [0.2, 0.25) is 0 Å². The third-order valence-corrected chi connectivity index (χ3v) is 11.5. The van der Waals surface area contributed by atoms with E-state index in [-0.39, 0.29) is 132 Å². The smallest absolute Gasteiger partial charge is 1.00 e. The monoisotopic (exact) mass is 782 g/mol. The van der Waals surface area contributed by atoms with E-state index >= 15 is 0 Å². The molecule has 10 nitrogen and oxygen atoms in total. The van der Waals surface area contributed by atoms with Crippen molar-refractivity contribution in [1.82, 2.24) is 0 Å². The Morgan fingerprint density at radius 2 is 0.780 bits per heavy atom. The minimum Gasteiger partial charge on any atom is -1.00 e. The molecule has 4 aromatic rings. The molecule has 0 saturated heterocycles. The molecule has 0 atom stereocenters. The van der Waals surface area contributed by atoms with Gasteiger partial charge in [0.15, 0.2) is 0 Å². The molecule has 0 aromatic heterocycles. The fraction of sp³-hybridized carbons (Fsp3) is 0.529. The van der Waals surface area contributed by atoms with Crippen LogP contribution >= 0.6 is 0 Å². The molecule has 4 rings (SSSR count). The van der Waals surface area contributed by atoms with Gasteiger partial charge in [-0.1, -0.05) is 121 Å². The maximum Gasteiger partial charge on any atom is 1.00 e. The van der Waals surface area contributed by atoms with Crippen molar-refractivity contribution in [3.63, 3.8) is 0 Å². The van der Waals surface area contributed by atoms with E-state index in [0.29, 0.717) is 17.9 Å². The molecule has 0 saturated carbocycles. The van der Waals surface area contributed by atoms with E-state index in [4.69, 9.17) is 4.74 Å². The molecule has 0 aliphatic heterocycles. The zero-order valence-electron chi connectivity index (χ0n) is 32.9. The summed E-state index contributed by atoms with van der Waals surface area (Å²) in [5.74, 6) is 0.103. The second kappa shape index (κ2) is 22.1. The maximum atomic E-state index is 12.4. The average Bonchev–Trinajstić information content (AvgIpc) is 2.99. The summed E-state index contributed by atoms with van der Waals surface area (Å²) in [6.07, 6.45) is 19.5. The van der Waals surface area contributed by atoms with Gasteiger partial charge in [0, 0.05) is 38.4 Å². The number of hydrogen-bond donors (Lipinski definition) is 3. The predicted molar refractivity (Wildman–Crippen MR) is 188 cm³/mol. The topological polar surface area (TPSA) is 172 Å². The number of benzene rings is 4. The van der Waals surface area contributed by atoms with Gasteiger partial charge in [-0.2, -0.15) is 25.3 Å². The van der Waals surface area contributed by atoms with E-state index in [9.17, 15) is 38.9 Å². The van der Waals surface area contributed by atoms with Gasteiger partial charge < -0.3 is 9.02 Å². The Bertz CT molecular complexity index is 1970. The Kier molecular flexibility index (Phi) is 21.4. The van der Waals surface area contributed by atoms with Crippen molar-refractivity contribution >= 4 is 62.7 Å². The van der Waals surface area contributed by atoms with Crippen LogP contribution in [0.1, 0.15) is 114 Å². The van der Waals surface area contributed by atoms with E-state index in [1.165, 1.54) is 107 Å². The molecule has 0 aliphatic rings. The van der Waals surface area contributed by atoms with Crippen molar-refractivity contribution in [2.45, 2.75) is 124 Å². The van der Waals surface area contributed by atoms with Gasteiger partial charge in [-0.25, -0.2) is 0 Å². The third kappa shape index (κ3) is 13.0. The predicted octanol–water partition coefficient (Wildman–Crippen LogP) is 0.314. The number of unbranched alkanes of at least 4 members (excludes halogenated alkanes) is 15. The summed E-state index contributed by atoms with van der Waals surface area (Å²) in [7, 11) is -14.8. The van der Waals surface area contributed by atoms with Gasteiger partial charge in [-0.15, -0.1) is 0 Å². The molecule has 0 bridgehead atoms. The van der Waals surface area contributed by atoms with Crippen LogP contribution in [0.15, 0.2) is 51.1 Å². The summed E-state index contributed by atoms with van der Waals surface area (Å²) >= 11 is 0. The molecule has 0 radical (unpaired) electrons. The molecule has 266 valence electrons. The SMILES string of the molecule is CCCCCCCCCCCCCCCCCCOc1cc(S(=O)(=O)O)c2ccc3c(S(=O)(=O)O)cc(S(=O)(=O)O)c4ccc1c2c43.[H-].[H-].[H-].[Na+].[Na+].[Na+]. The van der Waals surface area contributed by atoms with Crippen molar-refractivity contribution in [1.29, 1.82) is 0 Å². The summed E-state index contributed by atoms with van der Waals surface area (Å²) in [5, 5.41) is 0.224. The molecule has 3 N–H and O–H groups in total. The first-order valence-corrected chi connectivity index (χ1v) is 20.9. The van der Waals surface area contributed by atoms with Crippen LogP contribution in [0.25, 0.3) is 32.3 Å². The summed E-state index contributed by atoms with van der Waals surface area (Å²) < 4.78 is 110. The van der Waals surface area contributed by atoms with Gasteiger partial charge >= 0.3 is 88.7 Å². The third-order valence-electron chi connectivity index (χ3n) is 8.84. The van der Waals surface area contributed by atoms with Crippen LogP contribution < -0.4 is 93.4 Å². The maximum absolute atomic E-state index is 12.4. The second-order valence-corrected chi connectivity index (χ2v) is 16.6. The summed E-state index contributed by atoms with van der Waals surface area (Å²) in [6.45, 7) is 2.49.